The van der Waals surface area contributed by atoms with Gasteiger partial charge in [0.25, 0.3) is 0 Å². The Kier molecular flexibility index (Phi) is 3.58. The Morgan fingerprint density at radius 2 is 1.82 bits per heavy atom. The fraction of sp³-hybridized carbons (Fsp3) is 0.200. The maximum absolute atomic E-state index is 6.06. The van der Waals surface area contributed by atoms with Crippen LogP contribution in [0, 0.1) is 0 Å². The second-order valence-corrected chi connectivity index (χ2v) is 4.82. The van der Waals surface area contributed by atoms with E-state index in [1.165, 1.54) is 4.68 Å². The SMILES string of the molecule is CC(N)c1cn(-c2cc(Cl)c(Cl)cc2Cl)nn1. The maximum Gasteiger partial charge on any atom is 0.0995 e. The summed E-state index contributed by atoms with van der Waals surface area (Å²) in [5.74, 6) is 0. The Morgan fingerprint density at radius 3 is 2.41 bits per heavy atom. The molecule has 2 aromatic rings. The van der Waals surface area contributed by atoms with Crippen molar-refractivity contribution in [1.82, 2.24) is 15.0 Å². The normalized spacial score (nSPS) is 12.8. The van der Waals surface area contributed by atoms with E-state index in [4.69, 9.17) is 40.5 Å². The van der Waals surface area contributed by atoms with Crippen LogP contribution in [-0.2, 0) is 0 Å². The first kappa shape index (κ1) is 12.6. The second kappa shape index (κ2) is 4.82. The number of hydrogen-bond donors (Lipinski definition) is 1. The van der Waals surface area contributed by atoms with Crippen molar-refractivity contribution in [3.63, 3.8) is 0 Å². The standard InChI is InChI=1S/C10H9Cl3N4/c1-5(14)9-4-17(16-15-9)10-3-7(12)6(11)2-8(10)13/h2-5H,14H2,1H3. The van der Waals surface area contributed by atoms with Crippen LogP contribution in [0.2, 0.25) is 15.1 Å². The lowest BCUT2D eigenvalue weighted by molar-refractivity contribution is 0.756. The minimum absolute atomic E-state index is 0.190. The van der Waals surface area contributed by atoms with E-state index < -0.39 is 0 Å². The molecule has 90 valence electrons. The molecule has 1 aromatic heterocycles. The number of nitrogens with zero attached hydrogens (tertiary/aromatic N) is 3. The van der Waals surface area contributed by atoms with E-state index >= 15 is 0 Å². The summed E-state index contributed by atoms with van der Waals surface area (Å²) in [5.41, 5.74) is 6.99. The van der Waals surface area contributed by atoms with E-state index in [0.29, 0.717) is 26.4 Å². The molecule has 4 nitrogen and oxygen atoms in total. The van der Waals surface area contributed by atoms with Crippen molar-refractivity contribution >= 4 is 34.8 Å². The third-order valence-electron chi connectivity index (χ3n) is 2.21. The number of hydrogen-bond acceptors (Lipinski definition) is 3. The average molecular weight is 292 g/mol. The van der Waals surface area contributed by atoms with Crippen molar-refractivity contribution in [2.75, 3.05) is 0 Å². The molecule has 2 rings (SSSR count). The third kappa shape index (κ3) is 2.55. The lowest BCUT2D eigenvalue weighted by Crippen LogP contribution is -2.04. The van der Waals surface area contributed by atoms with Gasteiger partial charge in [-0.25, -0.2) is 4.68 Å². The van der Waals surface area contributed by atoms with Crippen LogP contribution < -0.4 is 5.73 Å². The van der Waals surface area contributed by atoms with Crippen LogP contribution in [0.4, 0.5) is 0 Å². The van der Waals surface area contributed by atoms with E-state index in [1.807, 2.05) is 6.92 Å². The summed E-state index contributed by atoms with van der Waals surface area (Å²) in [4.78, 5) is 0. The molecule has 0 aliphatic carbocycles. The van der Waals surface area contributed by atoms with Crippen LogP contribution >= 0.6 is 34.8 Å². The monoisotopic (exact) mass is 290 g/mol. The summed E-state index contributed by atoms with van der Waals surface area (Å²) in [7, 11) is 0. The molecule has 0 aliphatic rings. The molecular formula is C10H9Cl3N4. The molecule has 1 heterocycles. The highest BCUT2D eigenvalue weighted by Gasteiger charge is 2.11. The Morgan fingerprint density at radius 1 is 1.18 bits per heavy atom. The molecule has 0 saturated carbocycles. The molecular weight excluding hydrogens is 282 g/mol. The summed E-state index contributed by atoms with van der Waals surface area (Å²) in [5, 5.41) is 9.13. The average Bonchev–Trinajstić information content (AvgIpc) is 2.72. The highest BCUT2D eigenvalue weighted by molar-refractivity contribution is 6.43. The Bertz CT molecular complexity index is 550. The molecule has 0 radical (unpaired) electrons. The van der Waals surface area contributed by atoms with E-state index in [-0.39, 0.29) is 6.04 Å². The largest absolute Gasteiger partial charge is 0.323 e. The van der Waals surface area contributed by atoms with Crippen molar-refractivity contribution in [3.8, 4) is 5.69 Å². The molecule has 1 unspecified atom stereocenters. The number of benzene rings is 1. The molecule has 17 heavy (non-hydrogen) atoms. The van der Waals surface area contributed by atoms with Gasteiger partial charge in [-0.05, 0) is 19.1 Å². The lowest BCUT2D eigenvalue weighted by atomic mass is 10.3. The van der Waals surface area contributed by atoms with Gasteiger partial charge in [0.05, 0.1) is 32.6 Å². The fourth-order valence-electron chi connectivity index (χ4n) is 1.29. The van der Waals surface area contributed by atoms with E-state index in [1.54, 1.807) is 18.3 Å². The predicted octanol–water partition coefficient (Wildman–Crippen LogP) is 3.25. The van der Waals surface area contributed by atoms with Crippen LogP contribution in [0.25, 0.3) is 5.69 Å². The number of aromatic nitrogens is 3. The summed E-state index contributed by atoms with van der Waals surface area (Å²) in [6, 6.07) is 3.00. The third-order valence-corrected chi connectivity index (χ3v) is 3.24. The highest BCUT2D eigenvalue weighted by Crippen LogP contribution is 2.30. The molecule has 0 aliphatic heterocycles. The zero-order chi connectivity index (χ0) is 12.6. The molecule has 0 spiro atoms. The van der Waals surface area contributed by atoms with Gasteiger partial charge in [0.2, 0.25) is 0 Å². The molecule has 7 heteroatoms. The summed E-state index contributed by atoms with van der Waals surface area (Å²) < 4.78 is 1.52. The second-order valence-electron chi connectivity index (χ2n) is 3.59. The Hall–Kier alpha value is -0.810. The Labute approximate surface area is 113 Å². The molecule has 0 fully saturated rings. The van der Waals surface area contributed by atoms with Gasteiger partial charge in [0.1, 0.15) is 0 Å². The topological polar surface area (TPSA) is 56.7 Å². The van der Waals surface area contributed by atoms with Gasteiger partial charge >= 0.3 is 0 Å². The molecule has 0 bridgehead atoms. The van der Waals surface area contributed by atoms with Crippen molar-refractivity contribution in [2.24, 2.45) is 5.73 Å². The van der Waals surface area contributed by atoms with Gasteiger partial charge in [-0.2, -0.15) is 0 Å². The van der Waals surface area contributed by atoms with E-state index in [2.05, 4.69) is 10.3 Å². The van der Waals surface area contributed by atoms with Crippen molar-refractivity contribution in [2.45, 2.75) is 13.0 Å². The fourth-order valence-corrected chi connectivity index (χ4v) is 1.92. The van der Waals surface area contributed by atoms with Gasteiger partial charge in [-0.15, -0.1) is 5.10 Å². The molecule has 1 aromatic carbocycles. The minimum atomic E-state index is -0.190. The number of halogens is 3. The quantitative estimate of drug-likeness (QED) is 0.864. The van der Waals surface area contributed by atoms with Gasteiger partial charge < -0.3 is 5.73 Å². The molecule has 0 amide bonds. The zero-order valence-electron chi connectivity index (χ0n) is 8.86. The maximum atomic E-state index is 6.06. The van der Waals surface area contributed by atoms with Crippen LogP contribution in [0.3, 0.4) is 0 Å². The highest BCUT2D eigenvalue weighted by atomic mass is 35.5. The summed E-state index contributed by atoms with van der Waals surface area (Å²) >= 11 is 17.8. The van der Waals surface area contributed by atoms with E-state index in [0.717, 1.165) is 0 Å². The first-order chi connectivity index (χ1) is 7.99. The van der Waals surface area contributed by atoms with Crippen molar-refractivity contribution in [1.29, 1.82) is 0 Å². The number of rotatable bonds is 2. The van der Waals surface area contributed by atoms with Crippen LogP contribution in [0.5, 0.6) is 0 Å². The molecule has 2 N–H and O–H groups in total. The predicted molar refractivity (Wildman–Crippen MR) is 69.0 cm³/mol. The number of nitrogens with two attached hydrogens (primary N) is 1. The lowest BCUT2D eigenvalue weighted by Gasteiger charge is -2.05. The first-order valence-corrected chi connectivity index (χ1v) is 5.95. The molecule has 0 saturated heterocycles. The van der Waals surface area contributed by atoms with Gasteiger partial charge in [0.15, 0.2) is 0 Å². The molecule has 1 atom stereocenters. The van der Waals surface area contributed by atoms with Gasteiger partial charge in [-0.3, -0.25) is 0 Å². The summed E-state index contributed by atoms with van der Waals surface area (Å²) in [6.45, 7) is 1.82. The summed E-state index contributed by atoms with van der Waals surface area (Å²) in [6.07, 6.45) is 1.70. The van der Waals surface area contributed by atoms with Crippen LogP contribution in [0.15, 0.2) is 18.3 Å². The smallest absolute Gasteiger partial charge is 0.0995 e. The van der Waals surface area contributed by atoms with Gasteiger partial charge in [0, 0.05) is 6.04 Å². The Balaban J connectivity index is 2.49. The van der Waals surface area contributed by atoms with Crippen LogP contribution in [-0.4, -0.2) is 15.0 Å². The van der Waals surface area contributed by atoms with Crippen LogP contribution in [0.1, 0.15) is 18.7 Å². The van der Waals surface area contributed by atoms with Crippen molar-refractivity contribution < 1.29 is 0 Å². The minimum Gasteiger partial charge on any atom is -0.323 e. The van der Waals surface area contributed by atoms with Gasteiger partial charge in [-0.1, -0.05) is 40.0 Å². The van der Waals surface area contributed by atoms with E-state index in [9.17, 15) is 0 Å². The van der Waals surface area contributed by atoms with Crippen molar-refractivity contribution in [3.05, 3.63) is 39.1 Å². The first-order valence-electron chi connectivity index (χ1n) is 4.82. The zero-order valence-corrected chi connectivity index (χ0v) is 11.1.